The zero-order chi connectivity index (χ0) is 22.6. The minimum atomic E-state index is -1.12. The van der Waals surface area contributed by atoms with Gasteiger partial charge in [0.25, 0.3) is 5.91 Å². The summed E-state index contributed by atoms with van der Waals surface area (Å²) in [7, 11) is 0. The summed E-state index contributed by atoms with van der Waals surface area (Å²) in [5.74, 6) is -1.55. The fourth-order valence-electron chi connectivity index (χ4n) is 6.02. The molecule has 1 spiro atoms. The average Bonchev–Trinajstić information content (AvgIpc) is 3.33. The van der Waals surface area contributed by atoms with Gasteiger partial charge in [-0.25, -0.2) is 4.90 Å². The van der Waals surface area contributed by atoms with Gasteiger partial charge in [0.1, 0.15) is 17.9 Å². The molecule has 0 bridgehead atoms. The molecule has 2 fully saturated rings. The van der Waals surface area contributed by atoms with Gasteiger partial charge in [-0.1, -0.05) is 56.3 Å². The summed E-state index contributed by atoms with van der Waals surface area (Å²) in [6.07, 6.45) is 2.45. The topological polar surface area (TPSA) is 74.3 Å². The van der Waals surface area contributed by atoms with Crippen LogP contribution in [0.4, 0.5) is 11.4 Å². The highest BCUT2D eigenvalue weighted by molar-refractivity contribution is 6.25. The van der Waals surface area contributed by atoms with Gasteiger partial charge < -0.3 is 10.2 Å². The Morgan fingerprint density at radius 2 is 1.72 bits per heavy atom. The average molecular weight is 431 g/mol. The van der Waals surface area contributed by atoms with Gasteiger partial charge in [-0.2, -0.15) is 0 Å². The first-order chi connectivity index (χ1) is 15.4. The van der Waals surface area contributed by atoms with Gasteiger partial charge >= 0.3 is 0 Å². The molecular weight excluding hydrogens is 402 g/mol. The van der Waals surface area contributed by atoms with Crippen LogP contribution in [0.1, 0.15) is 25.8 Å². The molecule has 5 rings (SSSR count). The Hall–Kier alpha value is -3.25. The number of nitrogens with zero attached hydrogens (tertiary/aromatic N) is 2. The van der Waals surface area contributed by atoms with E-state index in [0.29, 0.717) is 18.2 Å². The minimum absolute atomic E-state index is 0.129. The third-order valence-electron chi connectivity index (χ3n) is 7.09. The molecule has 4 atom stereocenters. The predicted octanol–water partition coefficient (Wildman–Crippen LogP) is 2.21. The van der Waals surface area contributed by atoms with Gasteiger partial charge in [0, 0.05) is 18.5 Å². The fraction of sp³-hybridized carbons (Fsp3) is 0.346. The smallest absolute Gasteiger partial charge is 0.294 e. The molecule has 2 aromatic carbocycles. The van der Waals surface area contributed by atoms with Crippen molar-refractivity contribution in [1.82, 2.24) is 0 Å². The molecular formula is C26H28N3O3+. The van der Waals surface area contributed by atoms with Gasteiger partial charge in [0.15, 0.2) is 0 Å². The van der Waals surface area contributed by atoms with Crippen molar-refractivity contribution in [3.8, 4) is 0 Å². The zero-order valence-electron chi connectivity index (χ0n) is 18.4. The summed E-state index contributed by atoms with van der Waals surface area (Å²) in [5, 5.41) is 2.03. The first kappa shape index (κ1) is 20.6. The molecule has 3 aliphatic rings. The molecule has 164 valence electrons. The largest absolute Gasteiger partial charge is 0.326 e. The number of nitrogens with two attached hydrogens (primary N) is 1. The fourth-order valence-corrected chi connectivity index (χ4v) is 6.02. The molecule has 0 aliphatic carbocycles. The highest BCUT2D eigenvalue weighted by Crippen LogP contribution is 2.52. The van der Waals surface area contributed by atoms with Crippen LogP contribution in [0, 0.1) is 17.8 Å². The summed E-state index contributed by atoms with van der Waals surface area (Å²) in [6.45, 7) is 8.40. The maximum Gasteiger partial charge on any atom is 0.294 e. The van der Waals surface area contributed by atoms with Gasteiger partial charge in [-0.15, -0.1) is 6.58 Å². The van der Waals surface area contributed by atoms with E-state index in [1.54, 1.807) is 23.1 Å². The summed E-state index contributed by atoms with van der Waals surface area (Å²) >= 11 is 0. The first-order valence-corrected chi connectivity index (χ1v) is 11.2. The zero-order valence-corrected chi connectivity index (χ0v) is 18.4. The number of benzene rings is 2. The molecule has 0 radical (unpaired) electrons. The van der Waals surface area contributed by atoms with Crippen LogP contribution in [0.25, 0.3) is 0 Å². The van der Waals surface area contributed by atoms with E-state index in [4.69, 9.17) is 0 Å². The highest BCUT2D eigenvalue weighted by atomic mass is 16.2. The molecule has 3 heterocycles. The maximum absolute atomic E-state index is 14.0. The van der Waals surface area contributed by atoms with Crippen molar-refractivity contribution in [2.75, 3.05) is 16.3 Å². The van der Waals surface area contributed by atoms with Crippen LogP contribution in [0.2, 0.25) is 0 Å². The second-order valence-corrected chi connectivity index (χ2v) is 9.40. The normalized spacial score (nSPS) is 28.7. The van der Waals surface area contributed by atoms with Crippen molar-refractivity contribution >= 4 is 29.1 Å². The number of para-hydroxylation sites is 2. The molecule has 32 heavy (non-hydrogen) atoms. The molecule has 0 saturated carbocycles. The standard InChI is InChI=1S/C26H27N3O3/c1-4-14-28-20-13-9-8-12-18(20)26(25(28)32)22-21(19(27-26)15-16(2)3)23(30)29(24(22)31)17-10-6-5-7-11-17/h4-13,16,19,21-22,27H,1,14-15H2,2-3H3/p+1/t19-,21-,22+,26+/m1/s1. The number of carbonyl (C=O) groups is 3. The Labute approximate surface area is 187 Å². The van der Waals surface area contributed by atoms with Gasteiger partial charge in [-0.05, 0) is 24.1 Å². The van der Waals surface area contributed by atoms with Crippen molar-refractivity contribution in [2.24, 2.45) is 17.8 Å². The lowest BCUT2D eigenvalue weighted by molar-refractivity contribution is -0.734. The van der Waals surface area contributed by atoms with E-state index < -0.39 is 17.4 Å². The third-order valence-corrected chi connectivity index (χ3v) is 7.09. The van der Waals surface area contributed by atoms with E-state index in [1.807, 2.05) is 47.8 Å². The van der Waals surface area contributed by atoms with Crippen LogP contribution < -0.4 is 15.1 Å². The van der Waals surface area contributed by atoms with Gasteiger partial charge in [0.2, 0.25) is 17.4 Å². The molecule has 0 aromatic heterocycles. The Kier molecular flexibility index (Phi) is 4.78. The van der Waals surface area contributed by atoms with Gasteiger partial charge in [-0.3, -0.25) is 14.4 Å². The summed E-state index contributed by atoms with van der Waals surface area (Å²) in [4.78, 5) is 44.6. The van der Waals surface area contributed by atoms with Crippen LogP contribution >= 0.6 is 0 Å². The number of carbonyl (C=O) groups excluding carboxylic acids is 3. The van der Waals surface area contributed by atoms with E-state index in [2.05, 4.69) is 20.4 Å². The molecule has 2 saturated heterocycles. The van der Waals surface area contributed by atoms with Crippen LogP contribution in [-0.2, 0) is 19.9 Å². The molecule has 6 heteroatoms. The number of fused-ring (bicyclic) bond motifs is 4. The Bertz CT molecular complexity index is 1110. The lowest BCUT2D eigenvalue weighted by atomic mass is 9.76. The van der Waals surface area contributed by atoms with Crippen molar-refractivity contribution in [3.05, 3.63) is 72.8 Å². The molecule has 0 unspecified atom stereocenters. The van der Waals surface area contributed by atoms with Crippen molar-refractivity contribution < 1.29 is 19.7 Å². The number of hydrogen-bond acceptors (Lipinski definition) is 3. The molecule has 6 nitrogen and oxygen atoms in total. The maximum atomic E-state index is 14.0. The lowest BCUT2D eigenvalue weighted by Crippen LogP contribution is -2.99. The second kappa shape index (κ2) is 7.41. The number of rotatable bonds is 5. The van der Waals surface area contributed by atoms with Crippen LogP contribution in [-0.4, -0.2) is 30.3 Å². The Morgan fingerprint density at radius 3 is 2.41 bits per heavy atom. The number of amides is 3. The van der Waals surface area contributed by atoms with E-state index in [1.165, 1.54) is 4.90 Å². The first-order valence-electron chi connectivity index (χ1n) is 11.2. The van der Waals surface area contributed by atoms with E-state index >= 15 is 0 Å². The monoisotopic (exact) mass is 430 g/mol. The summed E-state index contributed by atoms with van der Waals surface area (Å²) < 4.78 is 0. The van der Waals surface area contributed by atoms with Gasteiger partial charge in [0.05, 0.1) is 11.4 Å². The SMILES string of the molecule is C=CCN1C(=O)[C@]2([NH2+][C@H](CC(C)C)[C@H]3C(=O)N(c4ccccc4)C(=O)[C@H]32)c2ccccc21. The van der Waals surface area contributed by atoms with Crippen molar-refractivity contribution in [2.45, 2.75) is 31.8 Å². The molecule has 3 aliphatic heterocycles. The third kappa shape index (κ3) is 2.65. The summed E-state index contributed by atoms with van der Waals surface area (Å²) in [5.41, 5.74) is 1.07. The number of quaternary nitrogens is 1. The van der Waals surface area contributed by atoms with Crippen LogP contribution in [0.5, 0.6) is 0 Å². The molecule has 3 amide bonds. The highest BCUT2D eigenvalue weighted by Gasteiger charge is 2.75. The Balaban J connectivity index is 1.69. The van der Waals surface area contributed by atoms with Crippen molar-refractivity contribution in [1.29, 1.82) is 0 Å². The predicted molar refractivity (Wildman–Crippen MR) is 122 cm³/mol. The van der Waals surface area contributed by atoms with E-state index in [9.17, 15) is 14.4 Å². The van der Waals surface area contributed by atoms with E-state index in [-0.39, 0.29) is 23.8 Å². The van der Waals surface area contributed by atoms with Crippen LogP contribution in [0.15, 0.2) is 67.3 Å². The second-order valence-electron chi connectivity index (χ2n) is 9.40. The van der Waals surface area contributed by atoms with Crippen molar-refractivity contribution in [3.63, 3.8) is 0 Å². The number of anilines is 2. The molecule has 2 aromatic rings. The Morgan fingerprint density at radius 1 is 1.03 bits per heavy atom. The number of imide groups is 1. The number of hydrogen-bond donors (Lipinski definition) is 1. The minimum Gasteiger partial charge on any atom is -0.326 e. The quantitative estimate of drug-likeness (QED) is 0.584. The summed E-state index contributed by atoms with van der Waals surface area (Å²) in [6, 6.07) is 16.6. The lowest BCUT2D eigenvalue weighted by Gasteiger charge is -2.27. The van der Waals surface area contributed by atoms with Crippen LogP contribution in [0.3, 0.4) is 0 Å². The molecule has 2 N–H and O–H groups in total. The van der Waals surface area contributed by atoms with E-state index in [0.717, 1.165) is 17.7 Å².